The van der Waals surface area contributed by atoms with Gasteiger partial charge in [-0.2, -0.15) is 15.0 Å². The number of aryl methyl sites for hydroxylation is 1. The SMILES string of the molecule is CCC(C)NC(N)=NCc1cnn(C)n1. The van der Waals surface area contributed by atoms with E-state index in [0.29, 0.717) is 18.5 Å². The number of aliphatic imine (C=N–C) groups is 1. The van der Waals surface area contributed by atoms with E-state index in [4.69, 9.17) is 5.73 Å². The molecular formula is C9H18N6. The van der Waals surface area contributed by atoms with Crippen LogP contribution in [0.25, 0.3) is 0 Å². The Morgan fingerprint density at radius 1 is 1.73 bits per heavy atom. The lowest BCUT2D eigenvalue weighted by molar-refractivity contribution is 0.633. The molecule has 15 heavy (non-hydrogen) atoms. The van der Waals surface area contributed by atoms with E-state index in [0.717, 1.165) is 12.1 Å². The fraction of sp³-hybridized carbons (Fsp3) is 0.667. The molecule has 1 atom stereocenters. The first-order valence-corrected chi connectivity index (χ1v) is 5.03. The van der Waals surface area contributed by atoms with Gasteiger partial charge in [-0.05, 0) is 13.3 Å². The summed E-state index contributed by atoms with van der Waals surface area (Å²) < 4.78 is 0. The van der Waals surface area contributed by atoms with Gasteiger partial charge in [0.05, 0.1) is 12.7 Å². The zero-order chi connectivity index (χ0) is 11.3. The Balaban J connectivity index is 2.43. The van der Waals surface area contributed by atoms with Gasteiger partial charge in [0.15, 0.2) is 5.96 Å². The van der Waals surface area contributed by atoms with Crippen molar-refractivity contribution in [3.05, 3.63) is 11.9 Å². The van der Waals surface area contributed by atoms with Crippen LogP contribution in [0.15, 0.2) is 11.2 Å². The van der Waals surface area contributed by atoms with E-state index >= 15 is 0 Å². The van der Waals surface area contributed by atoms with Crippen molar-refractivity contribution in [1.29, 1.82) is 0 Å². The molecule has 0 spiro atoms. The van der Waals surface area contributed by atoms with Gasteiger partial charge < -0.3 is 11.1 Å². The second kappa shape index (κ2) is 5.33. The molecule has 0 aliphatic heterocycles. The van der Waals surface area contributed by atoms with Crippen molar-refractivity contribution < 1.29 is 0 Å². The summed E-state index contributed by atoms with van der Waals surface area (Å²) in [5, 5.41) is 11.1. The lowest BCUT2D eigenvalue weighted by Gasteiger charge is -2.11. The second-order valence-corrected chi connectivity index (χ2v) is 3.48. The molecule has 1 heterocycles. The van der Waals surface area contributed by atoms with Crippen molar-refractivity contribution in [2.45, 2.75) is 32.9 Å². The minimum Gasteiger partial charge on any atom is -0.370 e. The van der Waals surface area contributed by atoms with Gasteiger partial charge in [-0.25, -0.2) is 4.99 Å². The topological polar surface area (TPSA) is 81.1 Å². The average Bonchev–Trinajstić information content (AvgIpc) is 2.61. The molecule has 6 nitrogen and oxygen atoms in total. The number of nitrogens with one attached hydrogen (secondary N) is 1. The van der Waals surface area contributed by atoms with Crippen molar-refractivity contribution >= 4 is 5.96 Å². The predicted octanol–water partition coefficient (Wildman–Crippen LogP) is 0.0179. The monoisotopic (exact) mass is 210 g/mol. The van der Waals surface area contributed by atoms with Crippen LogP contribution in [0, 0.1) is 0 Å². The first-order valence-electron chi connectivity index (χ1n) is 5.03. The number of hydrogen-bond donors (Lipinski definition) is 2. The highest BCUT2D eigenvalue weighted by Gasteiger charge is 2.00. The molecule has 0 aliphatic rings. The van der Waals surface area contributed by atoms with E-state index < -0.39 is 0 Å². The zero-order valence-electron chi connectivity index (χ0n) is 9.44. The zero-order valence-corrected chi connectivity index (χ0v) is 9.44. The second-order valence-electron chi connectivity index (χ2n) is 3.48. The molecular weight excluding hydrogens is 192 g/mol. The highest BCUT2D eigenvalue weighted by molar-refractivity contribution is 5.78. The van der Waals surface area contributed by atoms with Crippen LogP contribution in [-0.2, 0) is 13.6 Å². The fourth-order valence-corrected chi connectivity index (χ4v) is 1.03. The van der Waals surface area contributed by atoms with Crippen LogP contribution in [-0.4, -0.2) is 27.0 Å². The summed E-state index contributed by atoms with van der Waals surface area (Å²) in [5.41, 5.74) is 6.50. The van der Waals surface area contributed by atoms with Gasteiger partial charge >= 0.3 is 0 Å². The summed E-state index contributed by atoms with van der Waals surface area (Å²) in [7, 11) is 1.77. The number of hydrogen-bond acceptors (Lipinski definition) is 3. The largest absolute Gasteiger partial charge is 0.370 e. The summed E-state index contributed by atoms with van der Waals surface area (Å²) in [5.74, 6) is 0.454. The summed E-state index contributed by atoms with van der Waals surface area (Å²) in [6.07, 6.45) is 2.70. The van der Waals surface area contributed by atoms with Crippen molar-refractivity contribution in [3.8, 4) is 0 Å². The molecule has 0 saturated carbocycles. The fourth-order valence-electron chi connectivity index (χ4n) is 1.03. The van der Waals surface area contributed by atoms with Crippen LogP contribution in [0.4, 0.5) is 0 Å². The molecule has 0 bridgehead atoms. The van der Waals surface area contributed by atoms with E-state index in [2.05, 4.69) is 34.4 Å². The molecule has 0 amide bonds. The van der Waals surface area contributed by atoms with Gasteiger partial charge in [-0.1, -0.05) is 6.92 Å². The smallest absolute Gasteiger partial charge is 0.189 e. The summed E-state index contributed by atoms with van der Waals surface area (Å²) in [6, 6.07) is 0.343. The minimum absolute atomic E-state index is 0.343. The van der Waals surface area contributed by atoms with E-state index in [9.17, 15) is 0 Å². The highest BCUT2D eigenvalue weighted by atomic mass is 15.4. The molecule has 84 valence electrons. The van der Waals surface area contributed by atoms with Gasteiger partial charge in [0.2, 0.25) is 0 Å². The molecule has 3 N–H and O–H groups in total. The van der Waals surface area contributed by atoms with E-state index in [1.165, 1.54) is 4.80 Å². The quantitative estimate of drug-likeness (QED) is 0.542. The Kier molecular flexibility index (Phi) is 4.08. The van der Waals surface area contributed by atoms with E-state index in [-0.39, 0.29) is 0 Å². The third-order valence-corrected chi connectivity index (χ3v) is 2.07. The summed E-state index contributed by atoms with van der Waals surface area (Å²) >= 11 is 0. The Morgan fingerprint density at radius 2 is 2.47 bits per heavy atom. The Bertz CT molecular complexity index is 329. The van der Waals surface area contributed by atoms with E-state index in [1.807, 2.05) is 0 Å². The number of nitrogens with zero attached hydrogens (tertiary/aromatic N) is 4. The molecule has 0 radical (unpaired) electrons. The number of aromatic nitrogens is 3. The van der Waals surface area contributed by atoms with Crippen molar-refractivity contribution in [1.82, 2.24) is 20.3 Å². The van der Waals surface area contributed by atoms with Crippen LogP contribution in [0.1, 0.15) is 26.0 Å². The predicted molar refractivity (Wildman–Crippen MR) is 59.2 cm³/mol. The van der Waals surface area contributed by atoms with Crippen LogP contribution >= 0.6 is 0 Å². The van der Waals surface area contributed by atoms with Gasteiger partial charge in [0.25, 0.3) is 0 Å². The molecule has 1 unspecified atom stereocenters. The van der Waals surface area contributed by atoms with Crippen LogP contribution in [0.2, 0.25) is 0 Å². The number of nitrogens with two attached hydrogens (primary N) is 1. The molecule has 0 aliphatic carbocycles. The maximum atomic E-state index is 5.69. The van der Waals surface area contributed by atoms with Crippen LogP contribution in [0.3, 0.4) is 0 Å². The Morgan fingerprint density at radius 3 is 3.00 bits per heavy atom. The van der Waals surface area contributed by atoms with Gasteiger partial charge in [0, 0.05) is 13.1 Å². The molecule has 0 fully saturated rings. The van der Waals surface area contributed by atoms with Crippen LogP contribution < -0.4 is 11.1 Å². The maximum absolute atomic E-state index is 5.69. The van der Waals surface area contributed by atoms with Gasteiger partial charge in [-0.3, -0.25) is 0 Å². The van der Waals surface area contributed by atoms with Crippen LogP contribution in [0.5, 0.6) is 0 Å². The number of rotatable bonds is 4. The summed E-state index contributed by atoms with van der Waals surface area (Å²) in [4.78, 5) is 5.67. The Labute approximate surface area is 89.6 Å². The van der Waals surface area contributed by atoms with Gasteiger partial charge in [-0.15, -0.1) is 0 Å². The Hall–Kier alpha value is -1.59. The lowest BCUT2D eigenvalue weighted by Crippen LogP contribution is -2.38. The minimum atomic E-state index is 0.343. The number of guanidine groups is 1. The normalized spacial score (nSPS) is 13.9. The standard InChI is InChI=1S/C9H18N6/c1-4-7(2)13-9(10)11-5-8-6-12-15(3)14-8/h6-7H,4-5H2,1-3H3,(H3,10,11,13). The van der Waals surface area contributed by atoms with Gasteiger partial charge in [0.1, 0.15) is 5.69 Å². The first kappa shape index (κ1) is 11.5. The van der Waals surface area contributed by atoms with Crippen molar-refractivity contribution in [3.63, 3.8) is 0 Å². The first-order chi connectivity index (χ1) is 7.11. The summed E-state index contributed by atoms with van der Waals surface area (Å²) in [6.45, 7) is 4.61. The molecule has 0 aromatic carbocycles. The lowest BCUT2D eigenvalue weighted by atomic mass is 10.3. The highest BCUT2D eigenvalue weighted by Crippen LogP contribution is 1.93. The van der Waals surface area contributed by atoms with Crippen molar-refractivity contribution in [2.24, 2.45) is 17.8 Å². The molecule has 0 saturated heterocycles. The average molecular weight is 210 g/mol. The molecule has 6 heteroatoms. The molecule has 1 aromatic heterocycles. The third kappa shape index (κ3) is 3.97. The molecule has 1 aromatic rings. The van der Waals surface area contributed by atoms with E-state index in [1.54, 1.807) is 13.2 Å². The third-order valence-electron chi connectivity index (χ3n) is 2.07. The molecule has 1 rings (SSSR count). The maximum Gasteiger partial charge on any atom is 0.189 e. The van der Waals surface area contributed by atoms with Crippen molar-refractivity contribution in [2.75, 3.05) is 0 Å².